The predicted octanol–water partition coefficient (Wildman–Crippen LogP) is 3.26. The summed E-state index contributed by atoms with van der Waals surface area (Å²) in [7, 11) is 0. The number of amides is 2. The van der Waals surface area contributed by atoms with Gasteiger partial charge in [0.15, 0.2) is 6.10 Å². The number of ether oxygens (including phenoxy) is 1. The molecule has 2 atom stereocenters. The zero-order valence-corrected chi connectivity index (χ0v) is 17.9. The van der Waals surface area contributed by atoms with Gasteiger partial charge in [0.05, 0.1) is 12.5 Å². The van der Waals surface area contributed by atoms with Crippen LogP contribution in [0.25, 0.3) is 0 Å². The largest absolute Gasteiger partial charge is 0.454 e. The van der Waals surface area contributed by atoms with Gasteiger partial charge >= 0.3 is 5.97 Å². The van der Waals surface area contributed by atoms with E-state index in [1.54, 1.807) is 54.6 Å². The third-order valence-electron chi connectivity index (χ3n) is 4.78. The molecule has 3 rings (SSSR count). The third-order valence-corrected chi connectivity index (χ3v) is 5.25. The SMILES string of the molecule is O=C(NN1C[C@H](C(=O)O[C@@H](CCCl)C(=O)c2ccc(Cl)cc2)CC1=O)c1ccccc1. The van der Waals surface area contributed by atoms with Crippen molar-refractivity contribution in [2.75, 3.05) is 12.4 Å². The van der Waals surface area contributed by atoms with Crippen LogP contribution >= 0.6 is 23.2 Å². The Morgan fingerprint density at radius 3 is 2.39 bits per heavy atom. The van der Waals surface area contributed by atoms with Crippen LogP contribution in [0.3, 0.4) is 0 Å². The molecule has 7 nitrogen and oxygen atoms in total. The summed E-state index contributed by atoms with van der Waals surface area (Å²) in [6.07, 6.45) is -1.07. The lowest BCUT2D eigenvalue weighted by Gasteiger charge is -2.19. The Labute approximate surface area is 189 Å². The number of carbonyl (C=O) groups excluding carboxylic acids is 4. The molecule has 2 amide bonds. The van der Waals surface area contributed by atoms with Crippen molar-refractivity contribution >= 4 is 46.8 Å². The van der Waals surface area contributed by atoms with Crippen LogP contribution < -0.4 is 5.43 Å². The van der Waals surface area contributed by atoms with E-state index >= 15 is 0 Å². The van der Waals surface area contributed by atoms with E-state index in [1.165, 1.54) is 0 Å². The van der Waals surface area contributed by atoms with E-state index in [4.69, 9.17) is 27.9 Å². The van der Waals surface area contributed by atoms with Crippen molar-refractivity contribution in [3.05, 3.63) is 70.7 Å². The first-order chi connectivity index (χ1) is 14.9. The van der Waals surface area contributed by atoms with Crippen LogP contribution in [0.5, 0.6) is 0 Å². The highest BCUT2D eigenvalue weighted by Gasteiger charge is 2.38. The summed E-state index contributed by atoms with van der Waals surface area (Å²) in [5.41, 5.74) is 3.22. The number of ketones is 1. The van der Waals surface area contributed by atoms with Crippen molar-refractivity contribution in [1.82, 2.24) is 10.4 Å². The Bertz CT molecular complexity index is 966. The van der Waals surface area contributed by atoms with E-state index in [9.17, 15) is 19.2 Å². The van der Waals surface area contributed by atoms with E-state index in [2.05, 4.69) is 5.43 Å². The highest BCUT2D eigenvalue weighted by atomic mass is 35.5. The van der Waals surface area contributed by atoms with Crippen LogP contribution in [0.2, 0.25) is 5.02 Å². The Kier molecular flexibility index (Phi) is 7.65. The Hall–Kier alpha value is -2.90. The molecule has 1 heterocycles. The van der Waals surface area contributed by atoms with Gasteiger partial charge in [-0.05, 0) is 36.4 Å². The molecule has 1 aliphatic heterocycles. The molecular weight excluding hydrogens is 443 g/mol. The molecule has 0 unspecified atom stereocenters. The van der Waals surface area contributed by atoms with Gasteiger partial charge in [-0.2, -0.15) is 0 Å². The van der Waals surface area contributed by atoms with Gasteiger partial charge in [0, 0.05) is 34.9 Å². The smallest absolute Gasteiger partial charge is 0.312 e. The lowest BCUT2D eigenvalue weighted by atomic mass is 10.0. The fraction of sp³-hybridized carbons (Fsp3) is 0.273. The molecule has 0 spiro atoms. The number of alkyl halides is 1. The molecule has 162 valence electrons. The van der Waals surface area contributed by atoms with Gasteiger partial charge in [-0.25, -0.2) is 0 Å². The van der Waals surface area contributed by atoms with Crippen LogP contribution in [-0.4, -0.2) is 47.1 Å². The molecule has 0 aromatic heterocycles. The minimum Gasteiger partial charge on any atom is -0.454 e. The van der Waals surface area contributed by atoms with Crippen molar-refractivity contribution in [1.29, 1.82) is 0 Å². The second kappa shape index (κ2) is 10.4. The number of rotatable bonds is 8. The normalized spacial score (nSPS) is 16.6. The number of Topliss-reactive ketones (excluding diaryl/α,β-unsaturated/α-hetero) is 1. The summed E-state index contributed by atoms with van der Waals surface area (Å²) < 4.78 is 5.41. The standard InChI is InChI=1S/C22H20Cl2N2O5/c23-11-10-18(20(28)14-6-8-17(24)9-7-14)31-22(30)16-12-19(27)26(13-16)25-21(29)15-4-2-1-3-5-15/h1-9,16,18H,10-13H2,(H,25,29)/t16-,18+/m1/s1. The lowest BCUT2D eigenvalue weighted by molar-refractivity contribution is -0.151. The lowest BCUT2D eigenvalue weighted by Crippen LogP contribution is -2.43. The predicted molar refractivity (Wildman–Crippen MR) is 115 cm³/mol. The maximum atomic E-state index is 12.7. The molecule has 31 heavy (non-hydrogen) atoms. The second-order valence-corrected chi connectivity index (χ2v) is 7.80. The van der Waals surface area contributed by atoms with Crippen molar-refractivity contribution < 1.29 is 23.9 Å². The summed E-state index contributed by atoms with van der Waals surface area (Å²) in [6, 6.07) is 14.6. The van der Waals surface area contributed by atoms with E-state index in [0.717, 1.165) is 5.01 Å². The number of hydrogen-bond donors (Lipinski definition) is 1. The van der Waals surface area contributed by atoms with Crippen molar-refractivity contribution in [3.63, 3.8) is 0 Å². The first-order valence-electron chi connectivity index (χ1n) is 9.61. The average molecular weight is 463 g/mol. The third kappa shape index (κ3) is 5.83. The van der Waals surface area contributed by atoms with E-state index in [1.807, 2.05) is 0 Å². The second-order valence-electron chi connectivity index (χ2n) is 6.99. The van der Waals surface area contributed by atoms with Crippen LogP contribution in [0.4, 0.5) is 0 Å². The van der Waals surface area contributed by atoms with Gasteiger partial charge in [-0.1, -0.05) is 29.8 Å². The number of benzene rings is 2. The molecule has 0 saturated carbocycles. The molecule has 2 aromatic carbocycles. The number of hydrogen-bond acceptors (Lipinski definition) is 5. The molecule has 0 radical (unpaired) electrons. The molecule has 2 aromatic rings. The Morgan fingerprint density at radius 1 is 1.06 bits per heavy atom. The molecule has 0 aliphatic carbocycles. The van der Waals surface area contributed by atoms with E-state index < -0.39 is 35.6 Å². The van der Waals surface area contributed by atoms with Crippen molar-refractivity contribution in [2.45, 2.75) is 18.9 Å². The number of esters is 1. The minimum absolute atomic E-state index is 0.0427. The molecular formula is C22H20Cl2N2O5. The van der Waals surface area contributed by atoms with Crippen LogP contribution in [-0.2, 0) is 14.3 Å². The molecule has 0 bridgehead atoms. The first kappa shape index (κ1) is 22.8. The highest BCUT2D eigenvalue weighted by molar-refractivity contribution is 6.30. The van der Waals surface area contributed by atoms with Crippen molar-refractivity contribution in [2.24, 2.45) is 5.92 Å². The average Bonchev–Trinajstić information content (AvgIpc) is 3.14. The zero-order chi connectivity index (χ0) is 22.4. The van der Waals surface area contributed by atoms with Gasteiger partial charge in [0.25, 0.3) is 5.91 Å². The van der Waals surface area contributed by atoms with Gasteiger partial charge < -0.3 is 4.74 Å². The summed E-state index contributed by atoms with van der Waals surface area (Å²) in [6.45, 7) is -0.0427. The maximum Gasteiger partial charge on any atom is 0.312 e. The molecule has 1 saturated heterocycles. The summed E-state index contributed by atoms with van der Waals surface area (Å²) in [5, 5.41) is 1.57. The Morgan fingerprint density at radius 2 is 1.74 bits per heavy atom. The number of halogens is 2. The number of nitrogens with zero attached hydrogens (tertiary/aromatic N) is 1. The van der Waals surface area contributed by atoms with Gasteiger partial charge in [0.2, 0.25) is 11.7 Å². The van der Waals surface area contributed by atoms with Gasteiger partial charge in [-0.3, -0.25) is 29.6 Å². The summed E-state index contributed by atoms with van der Waals surface area (Å²) in [5.74, 6) is -2.66. The monoisotopic (exact) mass is 462 g/mol. The number of hydrazine groups is 1. The topological polar surface area (TPSA) is 92.8 Å². The van der Waals surface area contributed by atoms with Crippen LogP contribution in [0, 0.1) is 5.92 Å². The number of carbonyl (C=O) groups is 4. The molecule has 9 heteroatoms. The fourth-order valence-electron chi connectivity index (χ4n) is 3.13. The highest BCUT2D eigenvalue weighted by Crippen LogP contribution is 2.21. The zero-order valence-electron chi connectivity index (χ0n) is 16.4. The molecule has 1 fully saturated rings. The van der Waals surface area contributed by atoms with E-state index in [0.29, 0.717) is 16.1 Å². The minimum atomic E-state index is -1.07. The molecule has 1 N–H and O–H groups in total. The van der Waals surface area contributed by atoms with Crippen LogP contribution in [0.15, 0.2) is 54.6 Å². The van der Waals surface area contributed by atoms with Gasteiger partial charge in [-0.15, -0.1) is 11.6 Å². The Balaban J connectivity index is 1.62. The summed E-state index contributed by atoms with van der Waals surface area (Å²) >= 11 is 11.6. The van der Waals surface area contributed by atoms with Gasteiger partial charge in [0.1, 0.15) is 0 Å². The maximum absolute atomic E-state index is 12.7. The van der Waals surface area contributed by atoms with Crippen molar-refractivity contribution in [3.8, 4) is 0 Å². The fourth-order valence-corrected chi connectivity index (χ4v) is 3.45. The van der Waals surface area contributed by atoms with Crippen LogP contribution in [0.1, 0.15) is 33.6 Å². The number of nitrogens with one attached hydrogen (secondary N) is 1. The van der Waals surface area contributed by atoms with E-state index in [-0.39, 0.29) is 25.3 Å². The first-order valence-corrected chi connectivity index (χ1v) is 10.5. The summed E-state index contributed by atoms with van der Waals surface area (Å²) in [4.78, 5) is 49.9. The molecule has 1 aliphatic rings. The quantitative estimate of drug-likeness (QED) is 0.369.